The van der Waals surface area contributed by atoms with Gasteiger partial charge in [0.25, 0.3) is 5.91 Å². The van der Waals surface area contributed by atoms with Gasteiger partial charge in [0, 0.05) is 4.88 Å². The molecule has 0 radical (unpaired) electrons. The van der Waals surface area contributed by atoms with Crippen molar-refractivity contribution < 1.29 is 9.59 Å². The van der Waals surface area contributed by atoms with E-state index >= 15 is 0 Å². The number of primary amides is 1. The quantitative estimate of drug-likeness (QED) is 0.803. The summed E-state index contributed by atoms with van der Waals surface area (Å²) in [5.41, 5.74) is 8.61. The molecule has 0 bridgehead atoms. The molecule has 2 heterocycles. The normalized spacial score (nSPS) is 14.6. The van der Waals surface area contributed by atoms with Crippen LogP contribution < -0.4 is 11.1 Å². The zero-order valence-electron chi connectivity index (χ0n) is 11.8. The number of carbonyl (C=O) groups is 2. The maximum atomic E-state index is 12.3. The van der Waals surface area contributed by atoms with E-state index in [1.54, 1.807) is 12.4 Å². The SMILES string of the molecule is C[C@H](Sc1nncs1)C(=O)Nc1sc2c(c1C(N)=O)CCC2. The van der Waals surface area contributed by atoms with Gasteiger partial charge in [0.15, 0.2) is 4.34 Å². The fourth-order valence-electron chi connectivity index (χ4n) is 2.39. The molecule has 0 aliphatic heterocycles. The molecule has 1 atom stereocenters. The molecule has 0 aromatic carbocycles. The average molecular weight is 354 g/mol. The Morgan fingerprint density at radius 1 is 1.45 bits per heavy atom. The topological polar surface area (TPSA) is 98.0 Å². The molecular formula is C13H14N4O2S3. The highest BCUT2D eigenvalue weighted by Crippen LogP contribution is 2.39. The molecular weight excluding hydrogens is 340 g/mol. The van der Waals surface area contributed by atoms with Crippen LogP contribution in [0.1, 0.15) is 34.1 Å². The zero-order chi connectivity index (χ0) is 15.7. The average Bonchev–Trinajstić information content (AvgIpc) is 3.14. The van der Waals surface area contributed by atoms with Crippen LogP contribution in [0.3, 0.4) is 0 Å². The van der Waals surface area contributed by atoms with E-state index in [9.17, 15) is 9.59 Å². The molecule has 116 valence electrons. The van der Waals surface area contributed by atoms with Crippen LogP contribution in [-0.4, -0.2) is 27.3 Å². The van der Waals surface area contributed by atoms with Crippen molar-refractivity contribution in [2.75, 3.05) is 5.32 Å². The molecule has 0 saturated carbocycles. The first-order valence-electron chi connectivity index (χ1n) is 6.74. The molecule has 2 aromatic rings. The number of amides is 2. The maximum Gasteiger partial charge on any atom is 0.251 e. The van der Waals surface area contributed by atoms with Crippen molar-refractivity contribution in [2.24, 2.45) is 5.73 Å². The lowest BCUT2D eigenvalue weighted by molar-refractivity contribution is -0.115. The molecule has 3 N–H and O–H groups in total. The van der Waals surface area contributed by atoms with Crippen LogP contribution in [0.2, 0.25) is 0 Å². The van der Waals surface area contributed by atoms with E-state index in [4.69, 9.17) is 5.73 Å². The van der Waals surface area contributed by atoms with Crippen molar-refractivity contribution in [1.29, 1.82) is 0 Å². The molecule has 0 spiro atoms. The summed E-state index contributed by atoms with van der Waals surface area (Å²) in [7, 11) is 0. The van der Waals surface area contributed by atoms with Gasteiger partial charge in [-0.25, -0.2) is 0 Å². The largest absolute Gasteiger partial charge is 0.365 e. The molecule has 0 fully saturated rings. The number of hydrogen-bond acceptors (Lipinski definition) is 7. The lowest BCUT2D eigenvalue weighted by Crippen LogP contribution is -2.24. The van der Waals surface area contributed by atoms with Crippen molar-refractivity contribution in [3.8, 4) is 0 Å². The number of fused-ring (bicyclic) bond motifs is 1. The molecule has 9 heteroatoms. The van der Waals surface area contributed by atoms with Crippen molar-refractivity contribution in [1.82, 2.24) is 10.2 Å². The monoisotopic (exact) mass is 354 g/mol. The fraction of sp³-hybridized carbons (Fsp3) is 0.385. The molecule has 3 rings (SSSR count). The van der Waals surface area contributed by atoms with E-state index in [2.05, 4.69) is 15.5 Å². The Balaban J connectivity index is 1.75. The van der Waals surface area contributed by atoms with Gasteiger partial charge in [-0.2, -0.15) is 0 Å². The third-order valence-corrected chi connectivity index (χ3v) is 6.51. The molecule has 2 aromatic heterocycles. The third kappa shape index (κ3) is 3.01. The van der Waals surface area contributed by atoms with Crippen molar-refractivity contribution in [2.45, 2.75) is 35.8 Å². The van der Waals surface area contributed by atoms with Gasteiger partial charge in [-0.15, -0.1) is 21.5 Å². The van der Waals surface area contributed by atoms with Crippen LogP contribution >= 0.6 is 34.4 Å². The Morgan fingerprint density at radius 2 is 2.27 bits per heavy atom. The van der Waals surface area contributed by atoms with E-state index in [0.29, 0.717) is 10.6 Å². The summed E-state index contributed by atoms with van der Waals surface area (Å²) in [4.78, 5) is 25.2. The smallest absolute Gasteiger partial charge is 0.251 e. The first kappa shape index (κ1) is 15.4. The second-order valence-electron chi connectivity index (χ2n) is 4.88. The Kier molecular flexibility index (Phi) is 4.46. The van der Waals surface area contributed by atoms with Gasteiger partial charge in [-0.05, 0) is 31.7 Å². The Bertz CT molecular complexity index is 711. The van der Waals surface area contributed by atoms with Gasteiger partial charge in [-0.3, -0.25) is 9.59 Å². The van der Waals surface area contributed by atoms with Crippen molar-refractivity contribution in [3.63, 3.8) is 0 Å². The highest BCUT2D eigenvalue weighted by molar-refractivity contribution is 8.02. The first-order valence-corrected chi connectivity index (χ1v) is 9.32. The predicted molar refractivity (Wildman–Crippen MR) is 88.7 cm³/mol. The van der Waals surface area contributed by atoms with Crippen LogP contribution in [0, 0.1) is 0 Å². The number of carbonyl (C=O) groups excluding carboxylic acids is 2. The lowest BCUT2D eigenvalue weighted by atomic mass is 10.1. The highest BCUT2D eigenvalue weighted by atomic mass is 32.2. The standard InChI is InChI=1S/C13H14N4O2S3/c1-6(21-13-17-15-5-20-13)11(19)16-12-9(10(14)18)7-3-2-4-8(7)22-12/h5-6H,2-4H2,1H3,(H2,14,18)(H,16,19)/t6-/m0/s1. The van der Waals surface area contributed by atoms with Crippen LogP contribution in [0.5, 0.6) is 0 Å². The van der Waals surface area contributed by atoms with Gasteiger partial charge in [0.1, 0.15) is 10.5 Å². The number of nitrogens with zero attached hydrogens (tertiary/aromatic N) is 2. The highest BCUT2D eigenvalue weighted by Gasteiger charge is 2.27. The fourth-order valence-corrected chi connectivity index (χ4v) is 5.31. The molecule has 1 aliphatic carbocycles. The first-order chi connectivity index (χ1) is 10.6. The second kappa shape index (κ2) is 6.35. The Morgan fingerprint density at radius 3 is 2.95 bits per heavy atom. The van der Waals surface area contributed by atoms with Gasteiger partial charge in [0.05, 0.1) is 10.8 Å². The second-order valence-corrected chi connectivity index (χ2v) is 8.41. The number of rotatable bonds is 5. The van der Waals surface area contributed by atoms with Crippen LogP contribution in [0.4, 0.5) is 5.00 Å². The Hall–Kier alpha value is -1.45. The zero-order valence-corrected chi connectivity index (χ0v) is 14.2. The van der Waals surface area contributed by atoms with E-state index < -0.39 is 5.91 Å². The van der Waals surface area contributed by atoms with Crippen molar-refractivity contribution >= 4 is 51.3 Å². The van der Waals surface area contributed by atoms with Crippen LogP contribution in [-0.2, 0) is 17.6 Å². The summed E-state index contributed by atoms with van der Waals surface area (Å²) in [5, 5.41) is 10.8. The summed E-state index contributed by atoms with van der Waals surface area (Å²) >= 11 is 4.20. The number of nitrogens with two attached hydrogens (primary N) is 1. The number of hydrogen-bond donors (Lipinski definition) is 2. The summed E-state index contributed by atoms with van der Waals surface area (Å²) in [6.07, 6.45) is 2.85. The van der Waals surface area contributed by atoms with E-state index in [0.717, 1.165) is 34.0 Å². The predicted octanol–water partition coefficient (Wildman–Crippen LogP) is 2.31. The molecule has 22 heavy (non-hydrogen) atoms. The van der Waals surface area contributed by atoms with E-state index in [-0.39, 0.29) is 11.2 Å². The van der Waals surface area contributed by atoms with E-state index in [1.165, 1.54) is 34.4 Å². The number of anilines is 1. The van der Waals surface area contributed by atoms with Crippen LogP contribution in [0.15, 0.2) is 9.85 Å². The summed E-state index contributed by atoms with van der Waals surface area (Å²) in [6, 6.07) is 0. The minimum Gasteiger partial charge on any atom is -0.365 e. The lowest BCUT2D eigenvalue weighted by Gasteiger charge is -2.10. The summed E-state index contributed by atoms with van der Waals surface area (Å²) in [5.74, 6) is -0.637. The van der Waals surface area contributed by atoms with Crippen LogP contribution in [0.25, 0.3) is 0 Å². The summed E-state index contributed by atoms with van der Waals surface area (Å²) in [6.45, 7) is 1.80. The molecule has 2 amide bonds. The minimum absolute atomic E-state index is 0.164. The minimum atomic E-state index is -0.473. The third-order valence-electron chi connectivity index (χ3n) is 3.39. The number of aryl methyl sites for hydroxylation is 1. The van der Waals surface area contributed by atoms with Crippen molar-refractivity contribution in [3.05, 3.63) is 21.5 Å². The van der Waals surface area contributed by atoms with Gasteiger partial charge < -0.3 is 11.1 Å². The van der Waals surface area contributed by atoms with Gasteiger partial charge >= 0.3 is 0 Å². The molecule has 0 saturated heterocycles. The number of aromatic nitrogens is 2. The van der Waals surface area contributed by atoms with E-state index in [1.807, 2.05) is 0 Å². The molecule has 6 nitrogen and oxygen atoms in total. The molecule has 1 aliphatic rings. The van der Waals surface area contributed by atoms with Gasteiger partial charge in [-0.1, -0.05) is 23.1 Å². The number of nitrogens with one attached hydrogen (secondary N) is 1. The Labute approximate surface area is 139 Å². The number of thiophene rings is 1. The number of thioether (sulfide) groups is 1. The maximum absolute atomic E-state index is 12.3. The molecule has 0 unspecified atom stereocenters. The van der Waals surface area contributed by atoms with Gasteiger partial charge in [0.2, 0.25) is 5.91 Å². The summed E-state index contributed by atoms with van der Waals surface area (Å²) < 4.78 is 0.742.